The molecule has 0 spiro atoms. The summed E-state index contributed by atoms with van der Waals surface area (Å²) in [7, 11) is 0. The number of aromatic nitrogens is 2. The molecular formula is C19H19N3O3. The summed E-state index contributed by atoms with van der Waals surface area (Å²) in [6.45, 7) is 4.72. The van der Waals surface area contributed by atoms with Crippen molar-refractivity contribution in [2.75, 3.05) is 6.61 Å². The Morgan fingerprint density at radius 2 is 2.00 bits per heavy atom. The average Bonchev–Trinajstić information content (AvgIpc) is 2.62. The highest BCUT2D eigenvalue weighted by Gasteiger charge is 2.13. The Morgan fingerprint density at radius 1 is 1.24 bits per heavy atom. The largest absolute Gasteiger partial charge is 0.494 e. The molecule has 0 aliphatic carbocycles. The predicted molar refractivity (Wildman–Crippen MR) is 95.0 cm³/mol. The average molecular weight is 337 g/mol. The van der Waals surface area contributed by atoms with Gasteiger partial charge in [-0.2, -0.15) is 0 Å². The van der Waals surface area contributed by atoms with Gasteiger partial charge in [0.05, 0.1) is 6.61 Å². The molecule has 0 unspecified atom stereocenters. The first-order chi connectivity index (χ1) is 12.1. The van der Waals surface area contributed by atoms with Gasteiger partial charge >= 0.3 is 0 Å². The second-order valence-electron chi connectivity index (χ2n) is 5.62. The molecule has 1 amide bonds. The van der Waals surface area contributed by atoms with Gasteiger partial charge in [-0.1, -0.05) is 18.2 Å². The van der Waals surface area contributed by atoms with Gasteiger partial charge in [-0.15, -0.1) is 0 Å². The summed E-state index contributed by atoms with van der Waals surface area (Å²) < 4.78 is 6.77. The van der Waals surface area contributed by atoms with Crippen LogP contribution in [0.1, 0.15) is 28.4 Å². The number of fused-ring (bicyclic) bond motifs is 1. The number of aryl methyl sites for hydroxylation is 1. The topological polar surface area (TPSA) is 72.7 Å². The Kier molecular flexibility index (Phi) is 4.79. The van der Waals surface area contributed by atoms with Crippen molar-refractivity contribution in [3.63, 3.8) is 0 Å². The van der Waals surface area contributed by atoms with E-state index in [9.17, 15) is 9.59 Å². The summed E-state index contributed by atoms with van der Waals surface area (Å²) in [5, 5.41) is 2.75. The Morgan fingerprint density at radius 3 is 2.72 bits per heavy atom. The molecule has 2 heterocycles. The van der Waals surface area contributed by atoms with E-state index in [1.807, 2.05) is 44.2 Å². The van der Waals surface area contributed by atoms with E-state index in [1.54, 1.807) is 12.3 Å². The van der Waals surface area contributed by atoms with E-state index in [2.05, 4.69) is 10.3 Å². The fourth-order valence-corrected chi connectivity index (χ4v) is 2.55. The fourth-order valence-electron chi connectivity index (χ4n) is 2.55. The molecule has 0 saturated carbocycles. The number of benzene rings is 1. The van der Waals surface area contributed by atoms with Gasteiger partial charge in [0.25, 0.3) is 11.5 Å². The Bertz CT molecular complexity index is 962. The highest BCUT2D eigenvalue weighted by atomic mass is 16.5. The van der Waals surface area contributed by atoms with Crippen LogP contribution >= 0.6 is 0 Å². The molecule has 0 saturated heterocycles. The Balaban J connectivity index is 1.76. The van der Waals surface area contributed by atoms with Gasteiger partial charge < -0.3 is 10.1 Å². The lowest BCUT2D eigenvalue weighted by molar-refractivity contribution is 0.0949. The van der Waals surface area contributed by atoms with Crippen molar-refractivity contribution in [2.24, 2.45) is 0 Å². The summed E-state index contributed by atoms with van der Waals surface area (Å²) in [5.41, 5.74) is 1.99. The van der Waals surface area contributed by atoms with Crippen LogP contribution in [0.15, 0.2) is 53.6 Å². The zero-order valence-corrected chi connectivity index (χ0v) is 14.2. The second-order valence-corrected chi connectivity index (χ2v) is 5.62. The number of carbonyl (C=O) groups excluding carboxylic acids is 1. The monoisotopic (exact) mass is 337 g/mol. The lowest BCUT2D eigenvalue weighted by Crippen LogP contribution is -2.31. The molecule has 128 valence electrons. The molecular weight excluding hydrogens is 318 g/mol. The first-order valence-electron chi connectivity index (χ1n) is 8.07. The summed E-state index contributed by atoms with van der Waals surface area (Å²) >= 11 is 0. The van der Waals surface area contributed by atoms with E-state index >= 15 is 0 Å². The number of carbonyl (C=O) groups is 1. The van der Waals surface area contributed by atoms with Gasteiger partial charge in [-0.05, 0) is 43.2 Å². The van der Waals surface area contributed by atoms with Crippen LogP contribution in [0.25, 0.3) is 5.65 Å². The molecule has 0 aliphatic rings. The summed E-state index contributed by atoms with van der Waals surface area (Å²) in [6, 6.07) is 11.1. The van der Waals surface area contributed by atoms with Crippen molar-refractivity contribution in [3.05, 3.63) is 75.8 Å². The number of hydrogen-bond donors (Lipinski definition) is 1. The van der Waals surface area contributed by atoms with E-state index in [0.29, 0.717) is 18.8 Å². The standard InChI is InChI=1S/C19H19N3O3/c1-3-25-15-8-6-14(7-9-15)11-21-18(23)16-12-20-17-13(2)5-4-10-22(17)19(16)24/h4-10,12H,3,11H2,1-2H3,(H,21,23). The van der Waals surface area contributed by atoms with Gasteiger partial charge in [0, 0.05) is 18.9 Å². The molecule has 25 heavy (non-hydrogen) atoms. The fraction of sp³-hybridized carbons (Fsp3) is 0.211. The predicted octanol–water partition coefficient (Wildman–Crippen LogP) is 2.33. The minimum Gasteiger partial charge on any atom is -0.494 e. The highest BCUT2D eigenvalue weighted by Crippen LogP contribution is 2.12. The maximum absolute atomic E-state index is 12.5. The van der Waals surface area contributed by atoms with Crippen molar-refractivity contribution in [3.8, 4) is 5.75 Å². The number of nitrogens with zero attached hydrogens (tertiary/aromatic N) is 2. The third-order valence-electron chi connectivity index (χ3n) is 3.86. The quantitative estimate of drug-likeness (QED) is 0.775. The first-order valence-corrected chi connectivity index (χ1v) is 8.07. The number of rotatable bonds is 5. The van der Waals surface area contributed by atoms with Crippen LogP contribution < -0.4 is 15.6 Å². The smallest absolute Gasteiger partial charge is 0.270 e. The van der Waals surface area contributed by atoms with Crippen LogP contribution in [-0.2, 0) is 6.54 Å². The lowest BCUT2D eigenvalue weighted by atomic mass is 10.2. The van der Waals surface area contributed by atoms with Crippen LogP contribution in [0.2, 0.25) is 0 Å². The molecule has 6 heteroatoms. The number of hydrogen-bond acceptors (Lipinski definition) is 4. The molecule has 0 aliphatic heterocycles. The highest BCUT2D eigenvalue weighted by molar-refractivity contribution is 5.93. The summed E-state index contributed by atoms with van der Waals surface area (Å²) in [6.07, 6.45) is 2.94. The Labute approximate surface area is 145 Å². The van der Waals surface area contributed by atoms with Crippen molar-refractivity contribution in [2.45, 2.75) is 20.4 Å². The van der Waals surface area contributed by atoms with Gasteiger partial charge in [-0.25, -0.2) is 4.98 Å². The zero-order chi connectivity index (χ0) is 17.8. The van der Waals surface area contributed by atoms with Crippen LogP contribution in [0, 0.1) is 6.92 Å². The van der Waals surface area contributed by atoms with E-state index in [1.165, 1.54) is 10.6 Å². The third kappa shape index (κ3) is 3.52. The lowest BCUT2D eigenvalue weighted by Gasteiger charge is -2.08. The third-order valence-corrected chi connectivity index (χ3v) is 3.86. The van der Waals surface area contributed by atoms with Crippen molar-refractivity contribution >= 4 is 11.6 Å². The molecule has 0 atom stereocenters. The van der Waals surface area contributed by atoms with Crippen LogP contribution in [-0.4, -0.2) is 21.9 Å². The molecule has 2 aromatic heterocycles. The van der Waals surface area contributed by atoms with Crippen LogP contribution in [0.5, 0.6) is 5.75 Å². The van der Waals surface area contributed by atoms with Crippen LogP contribution in [0.3, 0.4) is 0 Å². The number of pyridine rings is 1. The van der Waals surface area contributed by atoms with Crippen molar-refractivity contribution < 1.29 is 9.53 Å². The number of amides is 1. The molecule has 3 aromatic rings. The SMILES string of the molecule is CCOc1ccc(CNC(=O)c2cnc3c(C)cccn3c2=O)cc1. The van der Waals surface area contributed by atoms with Gasteiger partial charge in [-0.3, -0.25) is 14.0 Å². The van der Waals surface area contributed by atoms with E-state index in [0.717, 1.165) is 16.9 Å². The number of nitrogens with one attached hydrogen (secondary N) is 1. The summed E-state index contributed by atoms with van der Waals surface area (Å²) in [5.74, 6) is 0.340. The van der Waals surface area contributed by atoms with Crippen LogP contribution in [0.4, 0.5) is 0 Å². The maximum atomic E-state index is 12.5. The first kappa shape index (κ1) is 16.7. The van der Waals surface area contributed by atoms with Gasteiger partial charge in [0.2, 0.25) is 0 Å². The van der Waals surface area contributed by atoms with Crippen molar-refractivity contribution in [1.82, 2.24) is 14.7 Å². The van der Waals surface area contributed by atoms with E-state index in [4.69, 9.17) is 4.74 Å². The molecule has 0 bridgehead atoms. The molecule has 1 N–H and O–H groups in total. The molecule has 3 rings (SSSR count). The zero-order valence-electron chi connectivity index (χ0n) is 14.2. The van der Waals surface area contributed by atoms with Gasteiger partial charge in [0.15, 0.2) is 0 Å². The van der Waals surface area contributed by atoms with Crippen molar-refractivity contribution in [1.29, 1.82) is 0 Å². The normalized spacial score (nSPS) is 10.6. The Hall–Kier alpha value is -3.15. The molecule has 0 fully saturated rings. The second kappa shape index (κ2) is 7.17. The summed E-state index contributed by atoms with van der Waals surface area (Å²) in [4.78, 5) is 29.1. The van der Waals surface area contributed by atoms with Gasteiger partial charge in [0.1, 0.15) is 17.0 Å². The number of ether oxygens (including phenoxy) is 1. The minimum absolute atomic E-state index is 0.0223. The maximum Gasteiger partial charge on any atom is 0.270 e. The van der Waals surface area contributed by atoms with E-state index < -0.39 is 5.91 Å². The molecule has 1 aromatic carbocycles. The molecule has 6 nitrogen and oxygen atoms in total. The van der Waals surface area contributed by atoms with E-state index in [-0.39, 0.29) is 11.1 Å². The molecule has 0 radical (unpaired) electrons. The minimum atomic E-state index is -0.442.